The molecule has 4 nitrogen and oxygen atoms in total. The maximum absolute atomic E-state index is 12.1. The minimum Gasteiger partial charge on any atom is -0.289 e. The molecule has 0 spiro atoms. The van der Waals surface area contributed by atoms with Crippen LogP contribution in [0.15, 0.2) is 84.9 Å². The van der Waals surface area contributed by atoms with E-state index in [2.05, 4.69) is 0 Å². The molecule has 0 atom stereocenters. The number of nitro groups is 1. The lowest BCUT2D eigenvalue weighted by Gasteiger charge is -2.02. The van der Waals surface area contributed by atoms with Gasteiger partial charge in [-0.25, -0.2) is 0 Å². The molecule has 0 heterocycles. The van der Waals surface area contributed by atoms with Gasteiger partial charge >= 0.3 is 0 Å². The van der Waals surface area contributed by atoms with Gasteiger partial charge in [-0.05, 0) is 34.9 Å². The van der Waals surface area contributed by atoms with E-state index in [4.69, 9.17) is 0 Å². The lowest BCUT2D eigenvalue weighted by molar-refractivity contribution is -0.384. The summed E-state index contributed by atoms with van der Waals surface area (Å²) in [4.78, 5) is 22.3. The van der Waals surface area contributed by atoms with E-state index in [9.17, 15) is 14.9 Å². The number of non-ortho nitro benzene ring substituents is 1. The molecule has 0 aromatic heterocycles. The summed E-state index contributed by atoms with van der Waals surface area (Å²) < 4.78 is 0. The van der Waals surface area contributed by atoms with Crippen molar-refractivity contribution in [2.24, 2.45) is 0 Å². The molecule has 0 radical (unpaired) electrons. The smallest absolute Gasteiger partial charge is 0.269 e. The molecular weight excluding hydrogens is 314 g/mol. The second-order valence-corrected chi connectivity index (χ2v) is 5.49. The molecule has 0 saturated carbocycles. The number of nitrogens with zero attached hydrogens (tertiary/aromatic N) is 1. The van der Waals surface area contributed by atoms with E-state index in [1.807, 2.05) is 54.6 Å². The molecule has 0 fully saturated rings. The van der Waals surface area contributed by atoms with Crippen molar-refractivity contribution in [3.8, 4) is 11.1 Å². The van der Waals surface area contributed by atoms with Crippen molar-refractivity contribution in [3.63, 3.8) is 0 Å². The van der Waals surface area contributed by atoms with Crippen LogP contribution in [-0.2, 0) is 0 Å². The topological polar surface area (TPSA) is 60.2 Å². The second kappa shape index (κ2) is 7.36. The molecule has 3 aromatic rings. The average Bonchev–Trinajstić information content (AvgIpc) is 2.67. The summed E-state index contributed by atoms with van der Waals surface area (Å²) in [5.74, 6) is -0.193. The summed E-state index contributed by atoms with van der Waals surface area (Å²) in [6.07, 6.45) is 3.21. The zero-order valence-corrected chi connectivity index (χ0v) is 13.3. The highest BCUT2D eigenvalue weighted by Crippen LogP contribution is 2.20. The standard InChI is InChI=1S/C21H15NO3/c23-21(19-11-13-20(14-12-19)22(24)25)15-8-16-6-9-18(10-7-16)17-4-2-1-3-5-17/h1-15H. The number of nitro benzene ring substituents is 1. The molecule has 0 amide bonds. The molecule has 0 unspecified atom stereocenters. The summed E-state index contributed by atoms with van der Waals surface area (Å²) in [6.45, 7) is 0. The lowest BCUT2D eigenvalue weighted by Crippen LogP contribution is -1.95. The Labute approximate surface area is 145 Å². The third-order valence-corrected chi connectivity index (χ3v) is 3.81. The van der Waals surface area contributed by atoms with Crippen LogP contribution in [0.4, 0.5) is 5.69 Å². The van der Waals surface area contributed by atoms with Gasteiger partial charge in [0, 0.05) is 17.7 Å². The Bertz CT molecular complexity index is 912. The minimum absolute atomic E-state index is 0.0305. The second-order valence-electron chi connectivity index (χ2n) is 5.49. The van der Waals surface area contributed by atoms with Gasteiger partial charge in [0.05, 0.1) is 4.92 Å². The lowest BCUT2D eigenvalue weighted by atomic mass is 10.0. The molecule has 0 aliphatic rings. The third kappa shape index (κ3) is 4.06. The predicted molar refractivity (Wildman–Crippen MR) is 98.3 cm³/mol. The molecule has 3 rings (SSSR count). The van der Waals surface area contributed by atoms with Crippen LogP contribution in [0.3, 0.4) is 0 Å². The molecule has 0 aliphatic heterocycles. The van der Waals surface area contributed by atoms with Crippen LogP contribution in [0.25, 0.3) is 17.2 Å². The first-order valence-electron chi connectivity index (χ1n) is 7.76. The SMILES string of the molecule is O=C(C=Cc1ccc(-c2ccccc2)cc1)c1ccc([N+](=O)[O-])cc1. The molecule has 0 N–H and O–H groups in total. The van der Waals surface area contributed by atoms with E-state index in [1.54, 1.807) is 6.08 Å². The number of allylic oxidation sites excluding steroid dienone is 1. The monoisotopic (exact) mass is 329 g/mol. The van der Waals surface area contributed by atoms with Gasteiger partial charge in [-0.2, -0.15) is 0 Å². The Morgan fingerprint density at radius 1 is 0.800 bits per heavy atom. The quantitative estimate of drug-likeness (QED) is 0.281. The van der Waals surface area contributed by atoms with Crippen molar-refractivity contribution in [2.75, 3.05) is 0 Å². The minimum atomic E-state index is -0.488. The summed E-state index contributed by atoms with van der Waals surface area (Å²) in [5, 5.41) is 10.6. The molecule has 0 aliphatic carbocycles. The number of carbonyl (C=O) groups excluding carboxylic acids is 1. The van der Waals surface area contributed by atoms with E-state index >= 15 is 0 Å². The zero-order valence-electron chi connectivity index (χ0n) is 13.3. The molecule has 25 heavy (non-hydrogen) atoms. The number of hydrogen-bond donors (Lipinski definition) is 0. The van der Waals surface area contributed by atoms with E-state index in [-0.39, 0.29) is 11.5 Å². The number of carbonyl (C=O) groups is 1. The van der Waals surface area contributed by atoms with Crippen LogP contribution >= 0.6 is 0 Å². The summed E-state index contributed by atoms with van der Waals surface area (Å²) in [5.41, 5.74) is 3.55. The highest BCUT2D eigenvalue weighted by atomic mass is 16.6. The van der Waals surface area contributed by atoms with Crippen LogP contribution in [0.2, 0.25) is 0 Å². The maximum atomic E-state index is 12.1. The van der Waals surface area contributed by atoms with Crippen molar-refractivity contribution >= 4 is 17.5 Å². The first-order valence-corrected chi connectivity index (χ1v) is 7.76. The largest absolute Gasteiger partial charge is 0.289 e. The summed E-state index contributed by atoms with van der Waals surface area (Å²) in [6, 6.07) is 23.5. The van der Waals surface area contributed by atoms with Crippen molar-refractivity contribution < 1.29 is 9.72 Å². The van der Waals surface area contributed by atoms with Crippen molar-refractivity contribution in [2.45, 2.75) is 0 Å². The number of hydrogen-bond acceptors (Lipinski definition) is 3. The molecule has 0 saturated heterocycles. The normalized spacial score (nSPS) is 10.7. The predicted octanol–water partition coefficient (Wildman–Crippen LogP) is 5.16. The van der Waals surface area contributed by atoms with E-state index in [0.717, 1.165) is 16.7 Å². The Hall–Kier alpha value is -3.53. The summed E-state index contributed by atoms with van der Waals surface area (Å²) >= 11 is 0. The number of ketones is 1. The first-order chi connectivity index (χ1) is 12.1. The molecule has 3 aromatic carbocycles. The third-order valence-electron chi connectivity index (χ3n) is 3.81. The van der Waals surface area contributed by atoms with E-state index in [0.29, 0.717) is 5.56 Å². The molecule has 0 bridgehead atoms. The van der Waals surface area contributed by atoms with E-state index in [1.165, 1.54) is 30.3 Å². The fourth-order valence-electron chi connectivity index (χ4n) is 2.43. The maximum Gasteiger partial charge on any atom is 0.269 e. The van der Waals surface area contributed by atoms with Gasteiger partial charge in [0.15, 0.2) is 5.78 Å². The van der Waals surface area contributed by atoms with Gasteiger partial charge in [-0.15, -0.1) is 0 Å². The van der Waals surface area contributed by atoms with Gasteiger partial charge in [0.1, 0.15) is 0 Å². The Kier molecular flexibility index (Phi) is 4.81. The fraction of sp³-hybridized carbons (Fsp3) is 0. The highest BCUT2D eigenvalue weighted by molar-refractivity contribution is 6.06. The van der Waals surface area contributed by atoms with Crippen LogP contribution in [-0.4, -0.2) is 10.7 Å². The van der Waals surface area contributed by atoms with Crippen LogP contribution < -0.4 is 0 Å². The molecule has 4 heteroatoms. The number of rotatable bonds is 5. The van der Waals surface area contributed by atoms with E-state index < -0.39 is 4.92 Å². The van der Waals surface area contributed by atoms with Crippen molar-refractivity contribution in [3.05, 3.63) is 106 Å². The highest BCUT2D eigenvalue weighted by Gasteiger charge is 2.07. The van der Waals surface area contributed by atoms with Gasteiger partial charge < -0.3 is 0 Å². The van der Waals surface area contributed by atoms with Gasteiger partial charge in [-0.1, -0.05) is 60.7 Å². The van der Waals surface area contributed by atoms with Crippen LogP contribution in [0, 0.1) is 10.1 Å². The fourth-order valence-corrected chi connectivity index (χ4v) is 2.43. The summed E-state index contributed by atoms with van der Waals surface area (Å²) in [7, 11) is 0. The number of benzene rings is 3. The van der Waals surface area contributed by atoms with Crippen molar-refractivity contribution in [1.29, 1.82) is 0 Å². The Balaban J connectivity index is 1.71. The van der Waals surface area contributed by atoms with Gasteiger partial charge in [0.2, 0.25) is 0 Å². The molecular formula is C21H15NO3. The van der Waals surface area contributed by atoms with Gasteiger partial charge in [0.25, 0.3) is 5.69 Å². The van der Waals surface area contributed by atoms with Crippen molar-refractivity contribution in [1.82, 2.24) is 0 Å². The average molecular weight is 329 g/mol. The molecule has 122 valence electrons. The van der Waals surface area contributed by atoms with Crippen LogP contribution in [0.5, 0.6) is 0 Å². The Morgan fingerprint density at radius 3 is 2.00 bits per heavy atom. The van der Waals surface area contributed by atoms with Gasteiger partial charge in [-0.3, -0.25) is 14.9 Å². The first kappa shape index (κ1) is 16.3. The van der Waals surface area contributed by atoms with Crippen LogP contribution in [0.1, 0.15) is 15.9 Å². The Morgan fingerprint density at radius 2 is 1.40 bits per heavy atom. The zero-order chi connectivity index (χ0) is 17.6.